The number of rotatable bonds is 4. The van der Waals surface area contributed by atoms with E-state index in [0.717, 1.165) is 31.7 Å². The molecule has 0 amide bonds. The summed E-state index contributed by atoms with van der Waals surface area (Å²) < 4.78 is 46.4. The maximum Gasteiger partial charge on any atom is 0.418 e. The van der Waals surface area contributed by atoms with E-state index in [4.69, 9.17) is 4.74 Å². The van der Waals surface area contributed by atoms with Crippen LogP contribution in [0, 0.1) is 0 Å². The third-order valence-corrected chi connectivity index (χ3v) is 4.43. The van der Waals surface area contributed by atoms with E-state index in [1.54, 1.807) is 13.0 Å². The Labute approximate surface area is 143 Å². The van der Waals surface area contributed by atoms with Gasteiger partial charge in [0.2, 0.25) is 0 Å². The van der Waals surface area contributed by atoms with Gasteiger partial charge in [0.1, 0.15) is 0 Å². The SMILES string of the molecule is CCOC(=O)c1cc(C2CCCC2)n(-c2ccccc2C(F)(F)F)n1. The van der Waals surface area contributed by atoms with E-state index in [2.05, 4.69) is 5.10 Å². The fourth-order valence-corrected chi connectivity index (χ4v) is 3.30. The van der Waals surface area contributed by atoms with Crippen LogP contribution in [0.25, 0.3) is 5.69 Å². The number of alkyl halides is 3. The molecule has 2 aromatic rings. The average Bonchev–Trinajstić information content (AvgIpc) is 3.23. The Kier molecular flexibility index (Phi) is 4.83. The highest BCUT2D eigenvalue weighted by Gasteiger charge is 2.35. The number of esters is 1. The smallest absolute Gasteiger partial charge is 0.418 e. The number of hydrogen-bond donors (Lipinski definition) is 0. The van der Waals surface area contributed by atoms with Crippen molar-refractivity contribution in [1.82, 2.24) is 9.78 Å². The third-order valence-electron chi connectivity index (χ3n) is 4.43. The molecule has 0 radical (unpaired) electrons. The van der Waals surface area contributed by atoms with Crippen LogP contribution in [0.2, 0.25) is 0 Å². The van der Waals surface area contributed by atoms with Crippen LogP contribution in [-0.2, 0) is 10.9 Å². The second-order valence-corrected chi connectivity index (χ2v) is 6.08. The van der Waals surface area contributed by atoms with E-state index in [9.17, 15) is 18.0 Å². The molecule has 25 heavy (non-hydrogen) atoms. The van der Waals surface area contributed by atoms with Crippen LogP contribution in [0.15, 0.2) is 30.3 Å². The Morgan fingerprint density at radius 2 is 1.96 bits per heavy atom. The molecule has 0 bridgehead atoms. The zero-order valence-corrected chi connectivity index (χ0v) is 13.8. The molecule has 1 aromatic heterocycles. The van der Waals surface area contributed by atoms with Crippen molar-refractivity contribution in [3.05, 3.63) is 47.3 Å². The monoisotopic (exact) mass is 352 g/mol. The predicted octanol–water partition coefficient (Wildman–Crippen LogP) is 4.73. The number of nitrogens with zero attached hydrogens (tertiary/aromatic N) is 2. The Morgan fingerprint density at radius 1 is 1.28 bits per heavy atom. The maximum absolute atomic E-state index is 13.4. The van der Waals surface area contributed by atoms with Gasteiger partial charge in [0.25, 0.3) is 0 Å². The first kappa shape index (κ1) is 17.5. The molecule has 0 unspecified atom stereocenters. The van der Waals surface area contributed by atoms with Crippen LogP contribution in [0.1, 0.15) is 60.3 Å². The van der Waals surface area contributed by atoms with Crippen molar-refractivity contribution >= 4 is 5.97 Å². The molecule has 0 N–H and O–H groups in total. The fraction of sp³-hybridized carbons (Fsp3) is 0.444. The first-order valence-electron chi connectivity index (χ1n) is 8.35. The highest BCUT2D eigenvalue weighted by Crippen LogP contribution is 2.38. The summed E-state index contributed by atoms with van der Waals surface area (Å²) in [6.07, 6.45) is -0.707. The number of carbonyl (C=O) groups excluding carboxylic acids is 1. The van der Waals surface area contributed by atoms with Gasteiger partial charge in [0, 0.05) is 11.6 Å². The molecule has 0 spiro atoms. The molecule has 0 aliphatic heterocycles. The average molecular weight is 352 g/mol. The van der Waals surface area contributed by atoms with Crippen LogP contribution in [0.5, 0.6) is 0 Å². The number of hydrogen-bond acceptors (Lipinski definition) is 3. The minimum absolute atomic E-state index is 0.0423. The minimum Gasteiger partial charge on any atom is -0.461 e. The molecule has 1 fully saturated rings. The summed E-state index contributed by atoms with van der Waals surface area (Å²) in [6.45, 7) is 1.86. The number of ether oxygens (including phenoxy) is 1. The van der Waals surface area contributed by atoms with Crippen LogP contribution in [-0.4, -0.2) is 22.4 Å². The van der Waals surface area contributed by atoms with E-state index in [1.165, 1.54) is 22.9 Å². The Balaban J connectivity index is 2.13. The van der Waals surface area contributed by atoms with Crippen molar-refractivity contribution in [2.75, 3.05) is 6.61 Å². The Hall–Kier alpha value is -2.31. The first-order valence-corrected chi connectivity index (χ1v) is 8.35. The lowest BCUT2D eigenvalue weighted by Gasteiger charge is -2.17. The Morgan fingerprint density at radius 3 is 2.60 bits per heavy atom. The Bertz CT molecular complexity index is 762. The number of aromatic nitrogens is 2. The fourth-order valence-electron chi connectivity index (χ4n) is 3.30. The molecule has 1 saturated carbocycles. The van der Waals surface area contributed by atoms with Gasteiger partial charge < -0.3 is 4.74 Å². The van der Waals surface area contributed by atoms with Crippen LogP contribution >= 0.6 is 0 Å². The van der Waals surface area contributed by atoms with E-state index in [-0.39, 0.29) is 23.9 Å². The van der Waals surface area contributed by atoms with E-state index in [1.807, 2.05) is 0 Å². The molecular weight excluding hydrogens is 333 g/mol. The van der Waals surface area contributed by atoms with E-state index >= 15 is 0 Å². The summed E-state index contributed by atoms with van der Waals surface area (Å²) in [5.74, 6) is -0.526. The van der Waals surface area contributed by atoms with Gasteiger partial charge in [-0.25, -0.2) is 9.48 Å². The zero-order valence-electron chi connectivity index (χ0n) is 13.8. The minimum atomic E-state index is -4.50. The quantitative estimate of drug-likeness (QED) is 0.748. The molecule has 0 atom stereocenters. The normalized spacial score (nSPS) is 15.5. The van der Waals surface area contributed by atoms with Crippen molar-refractivity contribution in [3.8, 4) is 5.69 Å². The lowest BCUT2D eigenvalue weighted by molar-refractivity contribution is -0.137. The first-order chi connectivity index (χ1) is 11.9. The van der Waals surface area contributed by atoms with Crippen molar-refractivity contribution in [1.29, 1.82) is 0 Å². The van der Waals surface area contributed by atoms with Gasteiger partial charge in [-0.05, 0) is 38.0 Å². The maximum atomic E-state index is 13.4. The summed E-state index contributed by atoms with van der Waals surface area (Å²) in [5.41, 5.74) is -0.154. The third kappa shape index (κ3) is 3.55. The summed E-state index contributed by atoms with van der Waals surface area (Å²) in [7, 11) is 0. The van der Waals surface area contributed by atoms with Gasteiger partial charge in [-0.3, -0.25) is 0 Å². The lowest BCUT2D eigenvalue weighted by atomic mass is 10.0. The van der Waals surface area contributed by atoms with Gasteiger partial charge in [0.15, 0.2) is 5.69 Å². The highest BCUT2D eigenvalue weighted by molar-refractivity contribution is 5.87. The molecule has 1 aliphatic rings. The van der Waals surface area contributed by atoms with Crippen molar-refractivity contribution < 1.29 is 22.7 Å². The van der Waals surface area contributed by atoms with Crippen LogP contribution in [0.4, 0.5) is 13.2 Å². The predicted molar refractivity (Wildman–Crippen MR) is 85.7 cm³/mol. The molecule has 1 aliphatic carbocycles. The molecule has 3 rings (SSSR count). The lowest BCUT2D eigenvalue weighted by Crippen LogP contribution is -2.14. The second kappa shape index (κ2) is 6.90. The van der Waals surface area contributed by atoms with Gasteiger partial charge >= 0.3 is 12.1 Å². The van der Waals surface area contributed by atoms with Crippen molar-refractivity contribution in [3.63, 3.8) is 0 Å². The number of benzene rings is 1. The number of halogens is 3. The molecule has 1 heterocycles. The molecule has 1 aromatic carbocycles. The number of para-hydroxylation sites is 1. The zero-order chi connectivity index (χ0) is 18.0. The standard InChI is InChI=1S/C18H19F3N2O2/c1-2-25-17(24)14-11-16(12-7-3-4-8-12)23(22-14)15-10-6-5-9-13(15)18(19,20)21/h5-6,9-12H,2-4,7-8H2,1H3. The summed E-state index contributed by atoms with van der Waals surface area (Å²) in [6, 6.07) is 6.86. The van der Waals surface area contributed by atoms with Gasteiger partial charge in [-0.1, -0.05) is 25.0 Å². The summed E-state index contributed by atoms with van der Waals surface area (Å²) in [4.78, 5) is 12.0. The van der Waals surface area contributed by atoms with Gasteiger partial charge in [-0.2, -0.15) is 18.3 Å². The largest absolute Gasteiger partial charge is 0.461 e. The van der Waals surface area contributed by atoms with Crippen molar-refractivity contribution in [2.24, 2.45) is 0 Å². The molecule has 0 saturated heterocycles. The van der Waals surface area contributed by atoms with Crippen molar-refractivity contribution in [2.45, 2.75) is 44.7 Å². The summed E-state index contributed by atoms with van der Waals surface area (Å²) in [5, 5.41) is 4.16. The van der Waals surface area contributed by atoms with Gasteiger partial charge in [0.05, 0.1) is 17.9 Å². The molecular formula is C18H19F3N2O2. The number of carbonyl (C=O) groups is 1. The van der Waals surface area contributed by atoms with Crippen LogP contribution < -0.4 is 0 Å². The molecule has 4 nitrogen and oxygen atoms in total. The highest BCUT2D eigenvalue weighted by atomic mass is 19.4. The van der Waals surface area contributed by atoms with Crippen LogP contribution in [0.3, 0.4) is 0 Å². The van der Waals surface area contributed by atoms with Gasteiger partial charge in [-0.15, -0.1) is 0 Å². The topological polar surface area (TPSA) is 44.1 Å². The van der Waals surface area contributed by atoms with E-state index < -0.39 is 17.7 Å². The molecule has 134 valence electrons. The molecule has 7 heteroatoms. The second-order valence-electron chi connectivity index (χ2n) is 6.08. The summed E-state index contributed by atoms with van der Waals surface area (Å²) >= 11 is 0. The van der Waals surface area contributed by atoms with E-state index in [0.29, 0.717) is 5.69 Å².